The van der Waals surface area contributed by atoms with Crippen LogP contribution in [0.25, 0.3) is 0 Å². The molecule has 0 fully saturated rings. The molecule has 1 rings (SSSR count). The summed E-state index contributed by atoms with van der Waals surface area (Å²) in [5, 5.41) is 10.6. The van der Waals surface area contributed by atoms with Crippen LogP contribution in [0.4, 0.5) is 0 Å². The molecule has 4 nitrogen and oxygen atoms in total. The van der Waals surface area contributed by atoms with Crippen LogP contribution in [0.5, 0.6) is 11.5 Å². The van der Waals surface area contributed by atoms with Crippen molar-refractivity contribution in [3.8, 4) is 11.5 Å². The third kappa shape index (κ3) is 3.39. The molecule has 0 saturated carbocycles. The van der Waals surface area contributed by atoms with E-state index in [0.717, 1.165) is 5.56 Å². The van der Waals surface area contributed by atoms with Crippen molar-refractivity contribution >= 4 is 0 Å². The maximum Gasteiger partial charge on any atom is 0.160 e. The summed E-state index contributed by atoms with van der Waals surface area (Å²) in [6.07, 6.45) is 0.511. The molecule has 0 saturated heterocycles. The number of aliphatic hydroxyl groups is 1. The van der Waals surface area contributed by atoms with Crippen molar-refractivity contribution < 1.29 is 14.6 Å². The van der Waals surface area contributed by atoms with E-state index in [9.17, 15) is 5.11 Å². The molecule has 108 valence electrons. The van der Waals surface area contributed by atoms with Crippen molar-refractivity contribution in [2.75, 3.05) is 20.8 Å². The van der Waals surface area contributed by atoms with Gasteiger partial charge in [0.2, 0.25) is 0 Å². The molecule has 0 radical (unpaired) electrons. The van der Waals surface area contributed by atoms with Gasteiger partial charge in [0.05, 0.1) is 19.8 Å². The predicted octanol–water partition coefficient (Wildman–Crippen LogP) is 1.98. The summed E-state index contributed by atoms with van der Waals surface area (Å²) in [4.78, 5) is 0. The second-order valence-electron chi connectivity index (χ2n) is 5.73. The lowest BCUT2D eigenvalue weighted by Gasteiger charge is -2.39. The summed E-state index contributed by atoms with van der Waals surface area (Å²) in [6.45, 7) is 6.17. The minimum Gasteiger partial charge on any atom is -0.493 e. The van der Waals surface area contributed by atoms with Crippen LogP contribution in [0.15, 0.2) is 18.2 Å². The Morgan fingerprint density at radius 3 is 2.16 bits per heavy atom. The smallest absolute Gasteiger partial charge is 0.160 e. The SMILES string of the molecule is COc1ccc(CC(C)(O)C(C)(C)CN)cc1OC. The normalized spacial score (nSPS) is 14.9. The van der Waals surface area contributed by atoms with Gasteiger partial charge in [-0.3, -0.25) is 0 Å². The third-order valence-corrected chi connectivity index (χ3v) is 3.96. The van der Waals surface area contributed by atoms with Crippen LogP contribution in [-0.2, 0) is 6.42 Å². The summed E-state index contributed by atoms with van der Waals surface area (Å²) in [5.41, 5.74) is 5.48. The summed E-state index contributed by atoms with van der Waals surface area (Å²) in [7, 11) is 3.20. The summed E-state index contributed by atoms with van der Waals surface area (Å²) >= 11 is 0. The highest BCUT2D eigenvalue weighted by Crippen LogP contribution is 2.35. The van der Waals surface area contributed by atoms with E-state index in [0.29, 0.717) is 24.5 Å². The number of methoxy groups -OCH3 is 2. The maximum atomic E-state index is 10.6. The van der Waals surface area contributed by atoms with Crippen LogP contribution in [-0.4, -0.2) is 31.5 Å². The van der Waals surface area contributed by atoms with Gasteiger partial charge in [-0.1, -0.05) is 19.9 Å². The molecule has 0 aliphatic rings. The van der Waals surface area contributed by atoms with Gasteiger partial charge in [-0.2, -0.15) is 0 Å². The van der Waals surface area contributed by atoms with E-state index in [-0.39, 0.29) is 5.41 Å². The molecule has 0 aromatic heterocycles. The molecule has 1 aromatic rings. The quantitative estimate of drug-likeness (QED) is 0.827. The molecule has 1 aromatic carbocycles. The number of hydrogen-bond acceptors (Lipinski definition) is 4. The molecule has 19 heavy (non-hydrogen) atoms. The lowest BCUT2D eigenvalue weighted by molar-refractivity contribution is -0.0456. The largest absolute Gasteiger partial charge is 0.493 e. The van der Waals surface area contributed by atoms with Gasteiger partial charge < -0.3 is 20.3 Å². The van der Waals surface area contributed by atoms with Gasteiger partial charge in [0.1, 0.15) is 0 Å². The first-order chi connectivity index (χ1) is 8.77. The summed E-state index contributed by atoms with van der Waals surface area (Å²) < 4.78 is 10.5. The van der Waals surface area contributed by atoms with E-state index in [1.807, 2.05) is 39.0 Å². The average molecular weight is 267 g/mol. The fourth-order valence-corrected chi connectivity index (χ4v) is 1.85. The fraction of sp³-hybridized carbons (Fsp3) is 0.600. The van der Waals surface area contributed by atoms with Crippen molar-refractivity contribution in [2.24, 2.45) is 11.1 Å². The third-order valence-electron chi connectivity index (χ3n) is 3.96. The summed E-state index contributed by atoms with van der Waals surface area (Å²) in [6, 6.07) is 5.67. The van der Waals surface area contributed by atoms with Crippen molar-refractivity contribution in [2.45, 2.75) is 32.8 Å². The standard InChI is InChI=1S/C15H25NO3/c1-14(2,10-16)15(3,17)9-11-6-7-12(18-4)13(8-11)19-5/h6-8,17H,9-10,16H2,1-5H3. The molecular weight excluding hydrogens is 242 g/mol. The predicted molar refractivity (Wildman–Crippen MR) is 76.7 cm³/mol. The van der Waals surface area contributed by atoms with Crippen LogP contribution in [0.1, 0.15) is 26.3 Å². The lowest BCUT2D eigenvalue weighted by atomic mass is 9.73. The fourth-order valence-electron chi connectivity index (χ4n) is 1.85. The number of hydrogen-bond donors (Lipinski definition) is 2. The Hall–Kier alpha value is -1.26. The second kappa shape index (κ2) is 5.80. The minimum absolute atomic E-state index is 0.361. The highest BCUT2D eigenvalue weighted by Gasteiger charge is 2.38. The van der Waals surface area contributed by atoms with Crippen molar-refractivity contribution in [3.05, 3.63) is 23.8 Å². The molecule has 1 atom stereocenters. The van der Waals surface area contributed by atoms with E-state index in [1.165, 1.54) is 0 Å². The monoisotopic (exact) mass is 267 g/mol. The van der Waals surface area contributed by atoms with Gasteiger partial charge in [-0.05, 0) is 24.6 Å². The molecule has 0 heterocycles. The summed E-state index contributed by atoms with van der Waals surface area (Å²) in [5.74, 6) is 1.35. The van der Waals surface area contributed by atoms with Crippen molar-refractivity contribution in [3.63, 3.8) is 0 Å². The number of benzene rings is 1. The lowest BCUT2D eigenvalue weighted by Crippen LogP contribution is -2.48. The van der Waals surface area contributed by atoms with E-state index in [4.69, 9.17) is 15.2 Å². The van der Waals surface area contributed by atoms with Crippen LogP contribution in [0, 0.1) is 5.41 Å². The van der Waals surface area contributed by atoms with Crippen molar-refractivity contribution in [1.82, 2.24) is 0 Å². The Morgan fingerprint density at radius 2 is 1.68 bits per heavy atom. The van der Waals surface area contributed by atoms with E-state index in [2.05, 4.69) is 0 Å². The highest BCUT2D eigenvalue weighted by molar-refractivity contribution is 5.43. The van der Waals surface area contributed by atoms with Gasteiger partial charge >= 0.3 is 0 Å². The van der Waals surface area contributed by atoms with Crippen LogP contribution < -0.4 is 15.2 Å². The first-order valence-electron chi connectivity index (χ1n) is 6.41. The van der Waals surface area contributed by atoms with E-state index < -0.39 is 5.60 Å². The molecule has 0 amide bonds. The van der Waals surface area contributed by atoms with Crippen molar-refractivity contribution in [1.29, 1.82) is 0 Å². The molecule has 0 aliphatic heterocycles. The molecule has 0 spiro atoms. The number of ether oxygens (including phenoxy) is 2. The van der Waals surface area contributed by atoms with Gasteiger partial charge in [0, 0.05) is 18.4 Å². The van der Waals surface area contributed by atoms with Gasteiger partial charge in [0.25, 0.3) is 0 Å². The Morgan fingerprint density at radius 1 is 1.11 bits per heavy atom. The average Bonchev–Trinajstić information content (AvgIpc) is 2.37. The molecule has 0 bridgehead atoms. The van der Waals surface area contributed by atoms with Crippen LogP contribution in [0.3, 0.4) is 0 Å². The Bertz CT molecular complexity index is 427. The first kappa shape index (κ1) is 15.8. The highest BCUT2D eigenvalue weighted by atomic mass is 16.5. The second-order valence-corrected chi connectivity index (χ2v) is 5.73. The Labute approximate surface area is 115 Å². The first-order valence-corrected chi connectivity index (χ1v) is 6.41. The molecule has 1 unspecified atom stereocenters. The molecule has 4 heteroatoms. The molecule has 0 aliphatic carbocycles. The molecule has 3 N–H and O–H groups in total. The molecular formula is C15H25NO3. The number of nitrogens with two attached hydrogens (primary N) is 1. The van der Waals surface area contributed by atoms with E-state index in [1.54, 1.807) is 14.2 Å². The maximum absolute atomic E-state index is 10.6. The van der Waals surface area contributed by atoms with Gasteiger partial charge in [-0.25, -0.2) is 0 Å². The van der Waals surface area contributed by atoms with Crippen LogP contribution in [0.2, 0.25) is 0 Å². The van der Waals surface area contributed by atoms with Gasteiger partial charge in [-0.15, -0.1) is 0 Å². The minimum atomic E-state index is -0.888. The Balaban J connectivity index is 3.00. The van der Waals surface area contributed by atoms with Gasteiger partial charge in [0.15, 0.2) is 11.5 Å². The number of rotatable bonds is 6. The zero-order valence-corrected chi connectivity index (χ0v) is 12.5. The zero-order chi connectivity index (χ0) is 14.7. The zero-order valence-electron chi connectivity index (χ0n) is 12.5. The van der Waals surface area contributed by atoms with E-state index >= 15 is 0 Å². The Kier molecular flexibility index (Phi) is 4.82. The van der Waals surface area contributed by atoms with Crippen LogP contribution >= 0.6 is 0 Å². The topological polar surface area (TPSA) is 64.7 Å².